The minimum absolute atomic E-state index is 0.474. The average molecular weight is 230 g/mol. The highest BCUT2D eigenvalue weighted by molar-refractivity contribution is 5.45. The van der Waals surface area contributed by atoms with Crippen molar-refractivity contribution >= 4 is 5.69 Å². The number of aromatic nitrogens is 1. The quantitative estimate of drug-likeness (QED) is 0.852. The maximum atomic E-state index is 8.69. The van der Waals surface area contributed by atoms with Crippen molar-refractivity contribution in [3.63, 3.8) is 0 Å². The third-order valence-corrected chi connectivity index (χ3v) is 3.23. The molecule has 2 rings (SSSR count). The molecule has 1 aliphatic rings. The Morgan fingerprint density at radius 3 is 3.06 bits per heavy atom. The fraction of sp³-hybridized carbons (Fsp3) is 0.538. The number of anilines is 1. The van der Waals surface area contributed by atoms with Crippen molar-refractivity contribution in [3.8, 4) is 6.07 Å². The van der Waals surface area contributed by atoms with Gasteiger partial charge in [-0.15, -0.1) is 0 Å². The molecule has 1 aromatic heterocycles. The van der Waals surface area contributed by atoms with Gasteiger partial charge in [0.25, 0.3) is 0 Å². The van der Waals surface area contributed by atoms with Gasteiger partial charge in [-0.25, -0.2) is 4.98 Å². The van der Waals surface area contributed by atoms with Crippen LogP contribution in [-0.2, 0) is 0 Å². The summed E-state index contributed by atoms with van der Waals surface area (Å²) in [7, 11) is 2.08. The fourth-order valence-electron chi connectivity index (χ4n) is 2.25. The molecule has 4 nitrogen and oxygen atoms in total. The first kappa shape index (κ1) is 11.9. The van der Waals surface area contributed by atoms with E-state index in [0.717, 1.165) is 25.3 Å². The van der Waals surface area contributed by atoms with Gasteiger partial charge in [-0.3, -0.25) is 0 Å². The predicted molar refractivity (Wildman–Crippen MR) is 67.8 cm³/mol. The van der Waals surface area contributed by atoms with Gasteiger partial charge in [0.2, 0.25) is 0 Å². The lowest BCUT2D eigenvalue weighted by Crippen LogP contribution is -2.36. The Morgan fingerprint density at radius 1 is 1.59 bits per heavy atom. The third kappa shape index (κ3) is 3.18. The maximum absolute atomic E-state index is 8.69. The number of hydrogen-bond acceptors (Lipinski definition) is 4. The first-order valence-corrected chi connectivity index (χ1v) is 6.07. The first-order chi connectivity index (χ1) is 8.29. The second-order valence-corrected chi connectivity index (χ2v) is 4.61. The van der Waals surface area contributed by atoms with Gasteiger partial charge in [0.15, 0.2) is 0 Å². The summed E-state index contributed by atoms with van der Waals surface area (Å²) < 4.78 is 0. The number of nitriles is 1. The zero-order valence-corrected chi connectivity index (χ0v) is 10.2. The minimum atomic E-state index is 0.474. The molecule has 1 atom stereocenters. The van der Waals surface area contributed by atoms with E-state index in [1.165, 1.54) is 12.8 Å². The van der Waals surface area contributed by atoms with Crippen LogP contribution in [0.1, 0.15) is 18.5 Å². The number of hydrogen-bond donors (Lipinski definition) is 1. The van der Waals surface area contributed by atoms with Crippen molar-refractivity contribution in [1.29, 1.82) is 5.26 Å². The standard InChI is InChI=1S/C13H18N4/c1-17(10-11-3-2-6-15-8-11)13-5-4-12(7-14)16-9-13/h4-5,9,11,15H,2-3,6,8,10H2,1H3. The van der Waals surface area contributed by atoms with Crippen molar-refractivity contribution in [3.05, 3.63) is 24.0 Å². The smallest absolute Gasteiger partial charge is 0.140 e. The van der Waals surface area contributed by atoms with Gasteiger partial charge in [-0.1, -0.05) is 0 Å². The maximum Gasteiger partial charge on any atom is 0.140 e. The molecule has 17 heavy (non-hydrogen) atoms. The van der Waals surface area contributed by atoms with Crippen molar-refractivity contribution in [1.82, 2.24) is 10.3 Å². The molecule has 1 saturated heterocycles. The Hall–Kier alpha value is -1.60. The van der Waals surface area contributed by atoms with Gasteiger partial charge in [0.1, 0.15) is 11.8 Å². The summed E-state index contributed by atoms with van der Waals surface area (Å²) in [6.45, 7) is 3.30. The minimum Gasteiger partial charge on any atom is -0.373 e. The highest BCUT2D eigenvalue weighted by Crippen LogP contribution is 2.16. The average Bonchev–Trinajstić information content (AvgIpc) is 2.40. The molecule has 0 aromatic carbocycles. The molecule has 2 heterocycles. The largest absolute Gasteiger partial charge is 0.373 e. The summed E-state index contributed by atoms with van der Waals surface area (Å²) in [5.74, 6) is 0.712. The van der Waals surface area contributed by atoms with Gasteiger partial charge >= 0.3 is 0 Å². The Balaban J connectivity index is 1.94. The molecule has 0 aliphatic carbocycles. The van der Waals surface area contributed by atoms with Crippen LogP contribution in [0, 0.1) is 17.2 Å². The van der Waals surface area contributed by atoms with E-state index in [4.69, 9.17) is 5.26 Å². The van der Waals surface area contributed by atoms with E-state index in [2.05, 4.69) is 22.2 Å². The first-order valence-electron chi connectivity index (χ1n) is 6.07. The van der Waals surface area contributed by atoms with Gasteiger partial charge in [0.05, 0.1) is 11.9 Å². The highest BCUT2D eigenvalue weighted by atomic mass is 15.1. The van der Waals surface area contributed by atoms with E-state index in [1.54, 1.807) is 12.3 Å². The molecule has 0 bridgehead atoms. The number of nitrogens with one attached hydrogen (secondary N) is 1. The van der Waals surface area contributed by atoms with E-state index in [9.17, 15) is 0 Å². The lowest BCUT2D eigenvalue weighted by molar-refractivity contribution is 0.381. The molecule has 90 valence electrons. The van der Waals surface area contributed by atoms with Crippen LogP contribution in [0.5, 0.6) is 0 Å². The molecule has 4 heteroatoms. The number of pyridine rings is 1. The SMILES string of the molecule is CN(CC1CCCNC1)c1ccc(C#N)nc1. The Bertz CT molecular complexity index is 387. The third-order valence-electron chi connectivity index (χ3n) is 3.23. The molecule has 1 aliphatic heterocycles. The summed E-state index contributed by atoms with van der Waals surface area (Å²) >= 11 is 0. The van der Waals surface area contributed by atoms with Crippen LogP contribution < -0.4 is 10.2 Å². The van der Waals surface area contributed by atoms with Crippen LogP contribution >= 0.6 is 0 Å². The predicted octanol–water partition coefficient (Wildman–Crippen LogP) is 1.39. The molecular weight excluding hydrogens is 212 g/mol. The molecule has 0 amide bonds. The monoisotopic (exact) mass is 230 g/mol. The number of rotatable bonds is 3. The summed E-state index contributed by atoms with van der Waals surface area (Å²) in [5, 5.41) is 12.1. The lowest BCUT2D eigenvalue weighted by Gasteiger charge is -2.28. The van der Waals surface area contributed by atoms with Crippen molar-refractivity contribution in [2.75, 3.05) is 31.6 Å². The van der Waals surface area contributed by atoms with Crippen molar-refractivity contribution < 1.29 is 0 Å². The van der Waals surface area contributed by atoms with Crippen LogP contribution in [0.15, 0.2) is 18.3 Å². The lowest BCUT2D eigenvalue weighted by atomic mass is 9.99. The molecule has 1 aromatic rings. The topological polar surface area (TPSA) is 52.0 Å². The molecule has 0 radical (unpaired) electrons. The van der Waals surface area contributed by atoms with Crippen LogP contribution in [0.2, 0.25) is 0 Å². The Kier molecular flexibility index (Phi) is 3.94. The normalized spacial score (nSPS) is 19.6. The molecule has 0 spiro atoms. The Morgan fingerprint density at radius 2 is 2.47 bits per heavy atom. The molecule has 1 N–H and O–H groups in total. The van der Waals surface area contributed by atoms with E-state index < -0.39 is 0 Å². The van der Waals surface area contributed by atoms with E-state index >= 15 is 0 Å². The van der Waals surface area contributed by atoms with Crippen molar-refractivity contribution in [2.24, 2.45) is 5.92 Å². The number of piperidine rings is 1. The zero-order valence-electron chi connectivity index (χ0n) is 10.2. The van der Waals surface area contributed by atoms with Gasteiger partial charge in [-0.2, -0.15) is 5.26 Å². The molecule has 1 unspecified atom stereocenters. The molecule has 1 fully saturated rings. The zero-order chi connectivity index (χ0) is 12.1. The summed E-state index contributed by atoms with van der Waals surface area (Å²) in [6.07, 6.45) is 4.33. The van der Waals surface area contributed by atoms with Gasteiger partial charge in [0, 0.05) is 13.6 Å². The van der Waals surface area contributed by atoms with Crippen LogP contribution in [0.4, 0.5) is 5.69 Å². The second kappa shape index (κ2) is 5.65. The fourth-order valence-corrected chi connectivity index (χ4v) is 2.25. The molecular formula is C13H18N4. The van der Waals surface area contributed by atoms with E-state index in [1.807, 2.05) is 12.1 Å². The summed E-state index contributed by atoms with van der Waals surface area (Å²) in [4.78, 5) is 6.31. The van der Waals surface area contributed by atoms with Crippen molar-refractivity contribution in [2.45, 2.75) is 12.8 Å². The summed E-state index contributed by atoms with van der Waals surface area (Å²) in [6, 6.07) is 5.76. The number of nitrogens with zero attached hydrogens (tertiary/aromatic N) is 3. The van der Waals surface area contributed by atoms with Gasteiger partial charge < -0.3 is 10.2 Å². The summed E-state index contributed by atoms with van der Waals surface area (Å²) in [5.41, 5.74) is 1.55. The molecule has 0 saturated carbocycles. The second-order valence-electron chi connectivity index (χ2n) is 4.61. The Labute approximate surface area is 102 Å². The van der Waals surface area contributed by atoms with Crippen LogP contribution in [0.3, 0.4) is 0 Å². The highest BCUT2D eigenvalue weighted by Gasteiger charge is 2.15. The van der Waals surface area contributed by atoms with Crippen LogP contribution in [0.25, 0.3) is 0 Å². The van der Waals surface area contributed by atoms with E-state index in [-0.39, 0.29) is 0 Å². The van der Waals surface area contributed by atoms with Gasteiger partial charge in [-0.05, 0) is 44.0 Å². The van der Waals surface area contributed by atoms with Crippen LogP contribution in [-0.4, -0.2) is 31.7 Å². The van der Waals surface area contributed by atoms with E-state index in [0.29, 0.717) is 11.6 Å².